The molecule has 8 nitrogen and oxygen atoms in total. The molecule has 0 aliphatic carbocycles. The molecule has 0 atom stereocenters. The van der Waals surface area contributed by atoms with Crippen molar-refractivity contribution in [2.24, 2.45) is 0 Å². The Hall–Kier alpha value is -2.70. The van der Waals surface area contributed by atoms with Crippen LogP contribution in [-0.2, 0) is 10.0 Å². The Kier molecular flexibility index (Phi) is 10.6. The Labute approximate surface area is 155 Å². The molecule has 1 aromatic carbocycles. The van der Waals surface area contributed by atoms with Crippen molar-refractivity contribution in [2.75, 3.05) is 24.7 Å². The fourth-order valence-corrected chi connectivity index (χ4v) is 2.48. The Morgan fingerprint density at radius 1 is 1.12 bits per heavy atom. The average molecular weight is 379 g/mol. The third kappa shape index (κ3) is 6.31. The lowest BCUT2D eigenvalue weighted by Gasteiger charge is -2.09. The van der Waals surface area contributed by atoms with Crippen LogP contribution in [0.2, 0.25) is 0 Å². The normalized spacial score (nSPS) is 9.58. The van der Waals surface area contributed by atoms with Crippen LogP contribution in [0.15, 0.2) is 35.4 Å². The number of benzene rings is 1. The summed E-state index contributed by atoms with van der Waals surface area (Å²) in [6.45, 7) is 8.00. The summed E-state index contributed by atoms with van der Waals surface area (Å²) in [5, 5.41) is 14.6. The first-order valence-electron chi connectivity index (χ1n) is 8.25. The van der Waals surface area contributed by atoms with Gasteiger partial charge in [0.15, 0.2) is 0 Å². The van der Waals surface area contributed by atoms with Gasteiger partial charge in [-0.15, -0.1) is 0 Å². The van der Waals surface area contributed by atoms with Crippen LogP contribution in [0.3, 0.4) is 0 Å². The van der Waals surface area contributed by atoms with Gasteiger partial charge in [-0.1, -0.05) is 33.8 Å². The molecular formula is C17H26N6O2S. The van der Waals surface area contributed by atoms with E-state index in [0.717, 1.165) is 0 Å². The molecule has 0 amide bonds. The lowest BCUT2D eigenvalue weighted by atomic mass is 10.3. The maximum atomic E-state index is 11.8. The van der Waals surface area contributed by atoms with Gasteiger partial charge in [0.25, 0.3) is 0 Å². The molecule has 0 aliphatic heterocycles. The molecule has 0 aliphatic rings. The number of nitriles is 1. The van der Waals surface area contributed by atoms with Crippen LogP contribution < -0.4 is 15.4 Å². The number of aromatic nitrogens is 2. The lowest BCUT2D eigenvalue weighted by molar-refractivity contribution is 0.588. The van der Waals surface area contributed by atoms with Crippen molar-refractivity contribution in [3.8, 4) is 6.07 Å². The quantitative estimate of drug-likeness (QED) is 0.731. The second-order valence-corrected chi connectivity index (χ2v) is 6.06. The Bertz CT molecular complexity index is 831. The number of nitrogens with zero attached hydrogens (tertiary/aromatic N) is 3. The van der Waals surface area contributed by atoms with E-state index in [2.05, 4.69) is 25.3 Å². The zero-order chi connectivity index (χ0) is 20.2. The van der Waals surface area contributed by atoms with E-state index in [9.17, 15) is 8.42 Å². The monoisotopic (exact) mass is 378 g/mol. The van der Waals surface area contributed by atoms with Gasteiger partial charge in [-0.05, 0) is 25.2 Å². The van der Waals surface area contributed by atoms with E-state index in [-0.39, 0.29) is 10.8 Å². The Balaban J connectivity index is 0.00000146. The number of hydrogen-bond donors (Lipinski definition) is 3. The molecule has 0 fully saturated rings. The van der Waals surface area contributed by atoms with E-state index in [1.165, 1.54) is 25.4 Å². The van der Waals surface area contributed by atoms with Crippen molar-refractivity contribution >= 4 is 27.5 Å². The zero-order valence-corrected chi connectivity index (χ0v) is 16.8. The summed E-state index contributed by atoms with van der Waals surface area (Å²) >= 11 is 0. The minimum atomic E-state index is -3.52. The maximum Gasteiger partial charge on any atom is 0.240 e. The number of anilines is 3. The maximum absolute atomic E-state index is 11.8. The minimum absolute atomic E-state index is 0.127. The highest BCUT2D eigenvalue weighted by molar-refractivity contribution is 7.89. The van der Waals surface area contributed by atoms with Gasteiger partial charge < -0.3 is 10.6 Å². The predicted molar refractivity (Wildman–Crippen MR) is 105 cm³/mol. The SMILES string of the molecule is CC.CC.CNc1nc(Nc2cccc(S(=O)(=O)NC)c2)ncc1C#N. The number of sulfonamides is 1. The number of nitrogens with one attached hydrogen (secondary N) is 3. The predicted octanol–water partition coefficient (Wildman–Crippen LogP) is 3.09. The van der Waals surface area contributed by atoms with Crippen molar-refractivity contribution in [3.05, 3.63) is 36.0 Å². The fraction of sp³-hybridized carbons (Fsp3) is 0.353. The molecule has 0 radical (unpaired) electrons. The highest BCUT2D eigenvalue weighted by Crippen LogP contribution is 2.19. The first-order valence-corrected chi connectivity index (χ1v) is 9.74. The van der Waals surface area contributed by atoms with Crippen LogP contribution in [0.4, 0.5) is 17.5 Å². The van der Waals surface area contributed by atoms with E-state index in [1.54, 1.807) is 19.2 Å². The van der Waals surface area contributed by atoms with Crippen molar-refractivity contribution in [1.29, 1.82) is 5.26 Å². The van der Waals surface area contributed by atoms with Crippen molar-refractivity contribution in [3.63, 3.8) is 0 Å². The molecule has 26 heavy (non-hydrogen) atoms. The largest absolute Gasteiger partial charge is 0.372 e. The van der Waals surface area contributed by atoms with Gasteiger partial charge in [-0.3, -0.25) is 0 Å². The molecule has 2 rings (SSSR count). The van der Waals surface area contributed by atoms with Gasteiger partial charge in [-0.25, -0.2) is 18.1 Å². The van der Waals surface area contributed by atoms with Gasteiger partial charge in [0.2, 0.25) is 16.0 Å². The molecule has 9 heteroatoms. The fourth-order valence-electron chi connectivity index (χ4n) is 1.70. The van der Waals surface area contributed by atoms with E-state index in [1.807, 2.05) is 33.8 Å². The van der Waals surface area contributed by atoms with Gasteiger partial charge >= 0.3 is 0 Å². The van der Waals surface area contributed by atoms with Crippen molar-refractivity contribution in [1.82, 2.24) is 14.7 Å². The second kappa shape index (κ2) is 11.8. The molecule has 1 heterocycles. The van der Waals surface area contributed by atoms with Crippen LogP contribution in [-0.4, -0.2) is 32.5 Å². The molecule has 2 aromatic rings. The first kappa shape index (κ1) is 23.3. The van der Waals surface area contributed by atoms with Crippen LogP contribution in [0.1, 0.15) is 33.3 Å². The number of hydrogen-bond acceptors (Lipinski definition) is 7. The Morgan fingerprint density at radius 2 is 1.77 bits per heavy atom. The minimum Gasteiger partial charge on any atom is -0.372 e. The average Bonchev–Trinajstić information content (AvgIpc) is 2.71. The molecule has 0 spiro atoms. The van der Waals surface area contributed by atoms with Gasteiger partial charge in [0.05, 0.1) is 11.1 Å². The van der Waals surface area contributed by atoms with Crippen molar-refractivity contribution in [2.45, 2.75) is 32.6 Å². The summed E-state index contributed by atoms with van der Waals surface area (Å²) in [4.78, 5) is 8.29. The van der Waals surface area contributed by atoms with Gasteiger partial charge in [-0.2, -0.15) is 10.2 Å². The van der Waals surface area contributed by atoms with Crippen LogP contribution in [0.25, 0.3) is 0 Å². The topological polar surface area (TPSA) is 120 Å². The van der Waals surface area contributed by atoms with Crippen LogP contribution in [0.5, 0.6) is 0 Å². The summed E-state index contributed by atoms with van der Waals surface area (Å²) < 4.78 is 25.8. The smallest absolute Gasteiger partial charge is 0.240 e. The molecule has 0 saturated carbocycles. The van der Waals surface area contributed by atoms with Crippen molar-refractivity contribution < 1.29 is 8.42 Å². The van der Waals surface area contributed by atoms with E-state index < -0.39 is 10.0 Å². The highest BCUT2D eigenvalue weighted by atomic mass is 32.2. The summed E-state index contributed by atoms with van der Waals surface area (Å²) in [5.41, 5.74) is 0.836. The van der Waals surface area contributed by atoms with E-state index in [0.29, 0.717) is 17.1 Å². The summed E-state index contributed by atoms with van der Waals surface area (Å²) in [6.07, 6.45) is 1.38. The van der Waals surface area contributed by atoms with E-state index in [4.69, 9.17) is 5.26 Å². The summed E-state index contributed by atoms with van der Waals surface area (Å²) in [6, 6.07) is 8.21. The zero-order valence-electron chi connectivity index (χ0n) is 16.0. The molecule has 3 N–H and O–H groups in total. The molecule has 142 valence electrons. The summed E-state index contributed by atoms with van der Waals surface area (Å²) in [5.74, 6) is 0.640. The molecule has 1 aromatic heterocycles. The Morgan fingerprint density at radius 3 is 2.31 bits per heavy atom. The molecule has 0 bridgehead atoms. The lowest BCUT2D eigenvalue weighted by Crippen LogP contribution is -2.18. The second-order valence-electron chi connectivity index (χ2n) is 4.18. The number of rotatable bonds is 5. The third-order valence-corrected chi connectivity index (χ3v) is 4.23. The van der Waals surface area contributed by atoms with Gasteiger partial charge in [0, 0.05) is 12.7 Å². The molecular weight excluding hydrogens is 352 g/mol. The van der Waals surface area contributed by atoms with Crippen LogP contribution >= 0.6 is 0 Å². The standard InChI is InChI=1S/C13H14N6O2S.2C2H6/c1-15-12-9(7-14)8-17-13(19-12)18-10-4-3-5-11(6-10)22(20,21)16-2;2*1-2/h3-6,8,16H,1-2H3,(H2,15,17,18,19);2*1-2H3. The molecule has 0 unspecified atom stereocenters. The summed E-state index contributed by atoms with van der Waals surface area (Å²) in [7, 11) is -0.531. The molecule has 0 saturated heterocycles. The van der Waals surface area contributed by atoms with E-state index >= 15 is 0 Å². The van der Waals surface area contributed by atoms with Crippen LogP contribution in [0, 0.1) is 11.3 Å². The third-order valence-electron chi connectivity index (χ3n) is 2.82. The highest BCUT2D eigenvalue weighted by Gasteiger charge is 2.12. The first-order chi connectivity index (χ1) is 12.5. The van der Waals surface area contributed by atoms with Gasteiger partial charge in [0.1, 0.15) is 17.5 Å².